The van der Waals surface area contributed by atoms with E-state index in [2.05, 4.69) is 29.9 Å². The smallest absolute Gasteiger partial charge is 0.342 e. The van der Waals surface area contributed by atoms with Gasteiger partial charge in [-0.15, -0.1) is 9.97 Å². The Kier molecular flexibility index (Phi) is 15.5. The first-order valence-electron chi connectivity index (χ1n) is 15.6. The number of H-pyrrole nitrogens is 2. The number of aromatic nitrogens is 6. The molecule has 0 unspecified atom stereocenters. The number of nitrogens with zero attached hydrogens (tertiary/aromatic N) is 4. The van der Waals surface area contributed by atoms with E-state index in [1.807, 2.05) is 62.4 Å². The first-order chi connectivity index (χ1) is 25.4. The van der Waals surface area contributed by atoms with Gasteiger partial charge in [-0.05, 0) is 72.5 Å². The number of nitrogens with two attached hydrogens (primary N) is 4. The number of rotatable bonds is 6. The number of nitrogens with one attached hydrogen (secondary N) is 2. The Labute approximate surface area is 322 Å². The first kappa shape index (κ1) is 42.9. The molecule has 0 bridgehead atoms. The second-order valence-electron chi connectivity index (χ2n) is 10.7. The zero-order valence-corrected chi connectivity index (χ0v) is 31.9. The highest BCUT2D eigenvalue weighted by Gasteiger charge is 2.17. The van der Waals surface area contributed by atoms with Crippen molar-refractivity contribution in [3.63, 3.8) is 0 Å². The molecule has 2 aromatic carbocycles. The number of pyridine rings is 2. The van der Waals surface area contributed by atoms with Crippen molar-refractivity contribution >= 4 is 67.0 Å². The molecule has 0 radical (unpaired) electrons. The molecule has 16 nitrogen and oxygen atoms in total. The number of aryl methyl sites for hydroxylation is 2. The van der Waals surface area contributed by atoms with E-state index < -0.39 is 20.2 Å². The summed E-state index contributed by atoms with van der Waals surface area (Å²) in [4.78, 5) is 20.5. The molecule has 0 aliphatic carbocycles. The van der Waals surface area contributed by atoms with Gasteiger partial charge < -0.3 is 32.0 Å². The summed E-state index contributed by atoms with van der Waals surface area (Å²) in [6.07, 6.45) is 6.36. The molecular weight excluding hydrogens is 779 g/mol. The fraction of sp³-hybridized carbons (Fsp3) is 0.118. The summed E-state index contributed by atoms with van der Waals surface area (Å²) in [5.74, 6) is 1.71. The van der Waals surface area contributed by atoms with Crippen molar-refractivity contribution in [3.8, 4) is 22.3 Å². The molecule has 0 saturated heterocycles. The monoisotopic (exact) mass is 814 g/mol. The minimum Gasteiger partial charge on any atom is -0.744 e. The van der Waals surface area contributed by atoms with Crippen LogP contribution in [-0.2, 0) is 33.1 Å². The van der Waals surface area contributed by atoms with E-state index in [9.17, 15) is 25.9 Å². The fourth-order valence-corrected chi connectivity index (χ4v) is 5.67. The number of anilines is 4. The van der Waals surface area contributed by atoms with Crippen molar-refractivity contribution in [2.24, 2.45) is 0 Å². The van der Waals surface area contributed by atoms with Gasteiger partial charge in [-0.2, -0.15) is 0 Å². The van der Waals surface area contributed by atoms with E-state index in [1.54, 1.807) is 0 Å². The quantitative estimate of drug-likeness (QED) is 0.174. The Morgan fingerprint density at radius 2 is 0.926 bits per heavy atom. The summed E-state index contributed by atoms with van der Waals surface area (Å²) in [6.45, 7) is 4.03. The van der Waals surface area contributed by atoms with Crippen LogP contribution < -0.4 is 32.9 Å². The first-order valence-corrected chi connectivity index (χ1v) is 19.2. The van der Waals surface area contributed by atoms with Crippen molar-refractivity contribution in [3.05, 3.63) is 119 Å². The van der Waals surface area contributed by atoms with Crippen molar-refractivity contribution in [2.75, 3.05) is 22.9 Å². The average molecular weight is 816 g/mol. The third kappa shape index (κ3) is 12.9. The van der Waals surface area contributed by atoms with Crippen LogP contribution in [0.1, 0.15) is 25.2 Å². The molecule has 0 aliphatic rings. The number of hydrogen-bond donors (Lipinski definition) is 4. The van der Waals surface area contributed by atoms with E-state index in [4.69, 9.17) is 46.1 Å². The van der Waals surface area contributed by atoms with Gasteiger partial charge in [0.2, 0.25) is 11.6 Å². The third-order valence-electron chi connectivity index (χ3n) is 6.93. The summed E-state index contributed by atoms with van der Waals surface area (Å²) in [6, 6.07) is 20.2. The lowest BCUT2D eigenvalue weighted by Gasteiger charge is -2.07. The van der Waals surface area contributed by atoms with Crippen LogP contribution in [0.5, 0.6) is 0 Å². The van der Waals surface area contributed by atoms with Gasteiger partial charge in [0.25, 0.3) is 0 Å². The number of hydrogen-bond acceptors (Lipinski definition) is 14. The lowest BCUT2D eigenvalue weighted by Crippen LogP contribution is -2.20. The lowest BCUT2D eigenvalue weighted by molar-refractivity contribution is -0.346. The highest BCUT2D eigenvalue weighted by Crippen LogP contribution is 2.29. The lowest BCUT2D eigenvalue weighted by atomic mass is 10.0. The molecule has 4 heterocycles. The van der Waals surface area contributed by atoms with E-state index in [0.717, 1.165) is 58.9 Å². The summed E-state index contributed by atoms with van der Waals surface area (Å²) in [5.41, 5.74) is 28.7. The van der Waals surface area contributed by atoms with Gasteiger partial charge >= 0.3 is 11.9 Å². The Bertz CT molecular complexity index is 2190. The van der Waals surface area contributed by atoms with Crippen LogP contribution in [0, 0.1) is 0 Å². The Morgan fingerprint density at radius 3 is 1.17 bits per heavy atom. The molecule has 0 fully saturated rings. The minimum atomic E-state index is -4.32. The van der Waals surface area contributed by atoms with E-state index in [-0.39, 0.29) is 9.79 Å². The zero-order chi connectivity index (χ0) is 40.1. The predicted octanol–water partition coefficient (Wildman–Crippen LogP) is 3.86. The molecular formula is C34H36Cl2N10O6S2. The summed E-state index contributed by atoms with van der Waals surface area (Å²) < 4.78 is 61.4. The van der Waals surface area contributed by atoms with Gasteiger partial charge in [-0.1, -0.05) is 61.3 Å². The standard InChI is InChI=1S/2C12H13ClN4.2C5H5NO3S/c2*1-2-9-10(11(14)17-12(15)16-9)7-3-5-8(13)6-4-7;2*7-10(8,9)5-2-1-3-6-4-5/h2*3-6H,2H2,1H3,(H4,14,15,16,17);2*1-4H,(H,7,8,9). The van der Waals surface area contributed by atoms with Gasteiger partial charge in [0.15, 0.2) is 0 Å². The number of benzene rings is 2. The van der Waals surface area contributed by atoms with Crippen LogP contribution in [0.4, 0.5) is 23.5 Å². The molecule has 0 saturated carbocycles. The second-order valence-corrected chi connectivity index (χ2v) is 14.4. The van der Waals surface area contributed by atoms with Gasteiger partial charge in [-0.25, -0.2) is 26.8 Å². The molecule has 284 valence electrons. The molecule has 6 aromatic rings. The van der Waals surface area contributed by atoms with Crippen molar-refractivity contribution in [2.45, 2.75) is 36.5 Å². The summed E-state index contributed by atoms with van der Waals surface area (Å²) >= 11 is 11.7. The number of nitrogen functional groups attached to an aromatic ring is 4. The summed E-state index contributed by atoms with van der Waals surface area (Å²) in [5, 5.41) is 1.38. The van der Waals surface area contributed by atoms with Gasteiger partial charge in [0, 0.05) is 34.8 Å². The summed E-state index contributed by atoms with van der Waals surface area (Å²) in [7, 11) is -8.63. The van der Waals surface area contributed by atoms with E-state index in [1.165, 1.54) is 36.7 Å². The molecule has 20 heteroatoms. The maximum Gasteiger partial charge on any atom is 0.342 e. The SMILES string of the molecule is CCc1nc(N)[nH+]c(N)c1-c1ccc(Cl)cc1.CCc1nc(N)[nH+]c(N)c1-c1ccc(Cl)cc1.O=S(=O)([O-])c1cccnc1.O=S(=O)([O-])c1cccnc1. The van der Waals surface area contributed by atoms with Crippen LogP contribution in [0.25, 0.3) is 22.3 Å². The highest BCUT2D eigenvalue weighted by atomic mass is 35.5. The molecule has 4 aromatic heterocycles. The molecule has 54 heavy (non-hydrogen) atoms. The van der Waals surface area contributed by atoms with Crippen LogP contribution in [0.3, 0.4) is 0 Å². The molecule has 10 N–H and O–H groups in total. The van der Waals surface area contributed by atoms with Gasteiger partial charge in [0.05, 0.1) is 20.9 Å². The molecule has 0 atom stereocenters. The van der Waals surface area contributed by atoms with Crippen molar-refractivity contribution in [1.29, 1.82) is 0 Å². The highest BCUT2D eigenvalue weighted by molar-refractivity contribution is 7.86. The van der Waals surface area contributed by atoms with Crippen LogP contribution >= 0.6 is 23.2 Å². The van der Waals surface area contributed by atoms with E-state index >= 15 is 0 Å². The molecule has 0 aliphatic heterocycles. The van der Waals surface area contributed by atoms with Crippen molar-refractivity contribution in [1.82, 2.24) is 19.9 Å². The average Bonchev–Trinajstić information content (AvgIpc) is 3.13. The molecule has 0 amide bonds. The maximum atomic E-state index is 10.2. The van der Waals surface area contributed by atoms with Crippen LogP contribution in [-0.4, -0.2) is 45.9 Å². The normalized spacial score (nSPS) is 10.8. The Balaban J connectivity index is 0.000000200. The minimum absolute atomic E-state index is 0.296. The topological polar surface area (TPSA) is 298 Å². The largest absolute Gasteiger partial charge is 0.744 e. The Morgan fingerprint density at radius 1 is 0.593 bits per heavy atom. The fourth-order valence-electron chi connectivity index (χ4n) is 4.55. The molecule has 6 rings (SSSR count). The van der Waals surface area contributed by atoms with Crippen LogP contribution in [0.15, 0.2) is 107 Å². The maximum absolute atomic E-state index is 10.2. The third-order valence-corrected chi connectivity index (χ3v) is 9.08. The predicted molar refractivity (Wildman–Crippen MR) is 203 cm³/mol. The van der Waals surface area contributed by atoms with Crippen LogP contribution in [0.2, 0.25) is 10.0 Å². The number of aromatic amines is 2. The zero-order valence-electron chi connectivity index (χ0n) is 28.8. The van der Waals surface area contributed by atoms with Crippen molar-refractivity contribution < 1.29 is 35.9 Å². The van der Waals surface area contributed by atoms with Gasteiger partial charge in [-0.3, -0.25) is 9.97 Å². The Hall–Kier alpha value is -5.50. The molecule has 0 spiro atoms. The number of halogens is 2. The van der Waals surface area contributed by atoms with E-state index in [0.29, 0.717) is 33.6 Å². The van der Waals surface area contributed by atoms with Gasteiger partial charge in [0.1, 0.15) is 31.6 Å². The second kappa shape index (κ2) is 19.5.